The summed E-state index contributed by atoms with van der Waals surface area (Å²) in [5, 5.41) is 3.54. The van der Waals surface area contributed by atoms with Crippen molar-refractivity contribution in [2.75, 3.05) is 25.2 Å². The lowest BCUT2D eigenvalue weighted by Gasteiger charge is -2.19. The first kappa shape index (κ1) is 11.9. The summed E-state index contributed by atoms with van der Waals surface area (Å²) in [6, 6.07) is 0.449. The van der Waals surface area contributed by atoms with Crippen molar-refractivity contribution in [1.82, 2.24) is 5.32 Å². The normalized spacial score (nSPS) is 17.7. The van der Waals surface area contributed by atoms with E-state index in [4.69, 9.17) is 4.74 Å². The van der Waals surface area contributed by atoms with E-state index in [0.29, 0.717) is 6.04 Å². The van der Waals surface area contributed by atoms with Crippen LogP contribution in [0.15, 0.2) is 11.8 Å². The summed E-state index contributed by atoms with van der Waals surface area (Å²) in [6.45, 7) is 4.15. The molecule has 0 aromatic rings. The lowest BCUT2D eigenvalue weighted by Crippen LogP contribution is -2.32. The SMILES string of the molecule is CCCNC(CCSC)C1=CCCO1. The number of rotatable bonds is 7. The molecule has 0 saturated heterocycles. The van der Waals surface area contributed by atoms with Crippen molar-refractivity contribution in [3.05, 3.63) is 11.8 Å². The molecule has 0 aliphatic carbocycles. The summed E-state index contributed by atoms with van der Waals surface area (Å²) < 4.78 is 5.60. The van der Waals surface area contributed by atoms with Gasteiger partial charge in [0.05, 0.1) is 12.6 Å². The molecule has 3 heteroatoms. The van der Waals surface area contributed by atoms with E-state index in [-0.39, 0.29) is 0 Å². The Kier molecular flexibility index (Phi) is 6.12. The van der Waals surface area contributed by atoms with Crippen molar-refractivity contribution in [3.8, 4) is 0 Å². The second-order valence-electron chi connectivity index (χ2n) is 3.53. The van der Waals surface area contributed by atoms with Gasteiger partial charge in [-0.3, -0.25) is 0 Å². The maximum atomic E-state index is 5.60. The van der Waals surface area contributed by atoms with Crippen LogP contribution >= 0.6 is 11.8 Å². The van der Waals surface area contributed by atoms with Crippen LogP contribution < -0.4 is 5.32 Å². The molecule has 0 fully saturated rings. The van der Waals surface area contributed by atoms with Crippen LogP contribution in [0.4, 0.5) is 0 Å². The molecule has 0 aromatic heterocycles. The van der Waals surface area contributed by atoms with Crippen LogP contribution in [0.3, 0.4) is 0 Å². The molecule has 0 bridgehead atoms. The van der Waals surface area contributed by atoms with E-state index in [2.05, 4.69) is 24.6 Å². The van der Waals surface area contributed by atoms with Gasteiger partial charge in [0.1, 0.15) is 5.76 Å². The zero-order chi connectivity index (χ0) is 10.2. The van der Waals surface area contributed by atoms with Gasteiger partial charge in [-0.25, -0.2) is 0 Å². The highest BCUT2D eigenvalue weighted by atomic mass is 32.2. The van der Waals surface area contributed by atoms with Crippen LogP contribution in [0.2, 0.25) is 0 Å². The molecule has 1 aliphatic heterocycles. The highest BCUT2D eigenvalue weighted by Gasteiger charge is 2.17. The van der Waals surface area contributed by atoms with E-state index in [1.165, 1.54) is 24.4 Å². The molecule has 0 aromatic carbocycles. The number of hydrogen-bond donors (Lipinski definition) is 1. The number of hydrogen-bond acceptors (Lipinski definition) is 3. The predicted molar refractivity (Wildman–Crippen MR) is 63.7 cm³/mol. The lowest BCUT2D eigenvalue weighted by atomic mass is 10.1. The van der Waals surface area contributed by atoms with Gasteiger partial charge in [-0.05, 0) is 37.5 Å². The van der Waals surface area contributed by atoms with Gasteiger partial charge in [0.15, 0.2) is 0 Å². The molecule has 14 heavy (non-hydrogen) atoms. The third kappa shape index (κ3) is 3.93. The molecule has 1 unspecified atom stereocenters. The second kappa shape index (κ2) is 7.18. The van der Waals surface area contributed by atoms with Crippen molar-refractivity contribution in [1.29, 1.82) is 0 Å². The predicted octanol–water partition coefficient (Wildman–Crippen LogP) is 2.41. The van der Waals surface area contributed by atoms with Crippen LogP contribution in [0.1, 0.15) is 26.2 Å². The summed E-state index contributed by atoms with van der Waals surface area (Å²) in [4.78, 5) is 0. The molecular formula is C11H21NOS. The van der Waals surface area contributed by atoms with Crippen molar-refractivity contribution in [2.24, 2.45) is 0 Å². The Hall–Kier alpha value is -0.150. The van der Waals surface area contributed by atoms with Crippen LogP contribution in [0.5, 0.6) is 0 Å². The molecule has 2 nitrogen and oxygen atoms in total. The fourth-order valence-corrected chi connectivity index (χ4v) is 2.05. The van der Waals surface area contributed by atoms with E-state index < -0.39 is 0 Å². The first-order valence-corrected chi connectivity index (χ1v) is 6.83. The van der Waals surface area contributed by atoms with Gasteiger partial charge in [0, 0.05) is 6.42 Å². The Balaban J connectivity index is 2.34. The molecule has 0 spiro atoms. The van der Waals surface area contributed by atoms with Crippen LogP contribution in [-0.4, -0.2) is 31.2 Å². The molecule has 1 heterocycles. The lowest BCUT2D eigenvalue weighted by molar-refractivity contribution is 0.213. The second-order valence-corrected chi connectivity index (χ2v) is 4.52. The average molecular weight is 215 g/mol. The topological polar surface area (TPSA) is 21.3 Å². The molecule has 1 rings (SSSR count). The van der Waals surface area contributed by atoms with Gasteiger partial charge in [-0.1, -0.05) is 6.92 Å². The van der Waals surface area contributed by atoms with E-state index in [1.54, 1.807) is 0 Å². The maximum Gasteiger partial charge on any atom is 0.109 e. The van der Waals surface area contributed by atoms with E-state index >= 15 is 0 Å². The standard InChI is InChI=1S/C11H21NOS/c1-3-7-12-10(6-9-14-2)11-5-4-8-13-11/h5,10,12H,3-4,6-9H2,1-2H3. The molecule has 1 aliphatic rings. The average Bonchev–Trinajstić information content (AvgIpc) is 2.71. The monoisotopic (exact) mass is 215 g/mol. The Labute approximate surface area is 91.5 Å². The first-order valence-electron chi connectivity index (χ1n) is 5.43. The van der Waals surface area contributed by atoms with E-state index in [1.807, 2.05) is 11.8 Å². The smallest absolute Gasteiger partial charge is 0.109 e. The Morgan fingerprint density at radius 3 is 3.07 bits per heavy atom. The van der Waals surface area contributed by atoms with Crippen LogP contribution in [0, 0.1) is 0 Å². The summed E-state index contributed by atoms with van der Waals surface area (Å²) in [5.74, 6) is 2.37. The van der Waals surface area contributed by atoms with Crippen molar-refractivity contribution in [2.45, 2.75) is 32.2 Å². The first-order chi connectivity index (χ1) is 6.88. The van der Waals surface area contributed by atoms with Crippen molar-refractivity contribution < 1.29 is 4.74 Å². The maximum absolute atomic E-state index is 5.60. The minimum absolute atomic E-state index is 0.449. The largest absolute Gasteiger partial charge is 0.496 e. The molecule has 0 amide bonds. The third-order valence-electron chi connectivity index (χ3n) is 2.33. The Bertz CT molecular complexity index is 174. The van der Waals surface area contributed by atoms with Gasteiger partial charge >= 0.3 is 0 Å². The fraction of sp³-hybridized carbons (Fsp3) is 0.818. The number of ether oxygens (including phenoxy) is 1. The van der Waals surface area contributed by atoms with Crippen LogP contribution in [0.25, 0.3) is 0 Å². The summed E-state index contributed by atoms with van der Waals surface area (Å²) >= 11 is 1.90. The zero-order valence-electron chi connectivity index (χ0n) is 9.21. The molecule has 1 N–H and O–H groups in total. The molecular weight excluding hydrogens is 194 g/mol. The number of thioether (sulfide) groups is 1. The summed E-state index contributed by atoms with van der Waals surface area (Å²) in [7, 11) is 0. The highest BCUT2D eigenvalue weighted by molar-refractivity contribution is 7.98. The minimum atomic E-state index is 0.449. The molecule has 82 valence electrons. The van der Waals surface area contributed by atoms with Gasteiger partial charge < -0.3 is 10.1 Å². The van der Waals surface area contributed by atoms with Gasteiger partial charge in [0.2, 0.25) is 0 Å². The molecule has 0 radical (unpaired) electrons. The van der Waals surface area contributed by atoms with Gasteiger partial charge in [-0.2, -0.15) is 11.8 Å². The summed E-state index contributed by atoms with van der Waals surface area (Å²) in [6.07, 6.45) is 7.82. The quantitative estimate of drug-likeness (QED) is 0.704. The molecule has 0 saturated carbocycles. The summed E-state index contributed by atoms with van der Waals surface area (Å²) in [5.41, 5.74) is 0. The Morgan fingerprint density at radius 1 is 1.64 bits per heavy atom. The van der Waals surface area contributed by atoms with E-state index in [0.717, 1.165) is 19.6 Å². The van der Waals surface area contributed by atoms with Crippen molar-refractivity contribution in [3.63, 3.8) is 0 Å². The Morgan fingerprint density at radius 2 is 2.50 bits per heavy atom. The number of nitrogens with one attached hydrogen (secondary N) is 1. The van der Waals surface area contributed by atoms with Crippen molar-refractivity contribution >= 4 is 11.8 Å². The van der Waals surface area contributed by atoms with E-state index in [9.17, 15) is 0 Å². The highest BCUT2D eigenvalue weighted by Crippen LogP contribution is 2.17. The molecule has 1 atom stereocenters. The zero-order valence-corrected chi connectivity index (χ0v) is 10.0. The fourth-order valence-electron chi connectivity index (χ4n) is 1.58. The van der Waals surface area contributed by atoms with Gasteiger partial charge in [-0.15, -0.1) is 0 Å². The third-order valence-corrected chi connectivity index (χ3v) is 2.97. The minimum Gasteiger partial charge on any atom is -0.496 e. The van der Waals surface area contributed by atoms with Crippen LogP contribution in [-0.2, 0) is 4.74 Å². The van der Waals surface area contributed by atoms with Gasteiger partial charge in [0.25, 0.3) is 0 Å².